The van der Waals surface area contributed by atoms with E-state index >= 15 is 0 Å². The Balaban J connectivity index is 0.000000222. The van der Waals surface area contributed by atoms with Crippen LogP contribution < -0.4 is 9.44 Å². The van der Waals surface area contributed by atoms with Gasteiger partial charge in [0.1, 0.15) is 5.82 Å². The molecule has 0 bridgehead atoms. The highest BCUT2D eigenvalue weighted by Gasteiger charge is 2.21. The largest absolute Gasteiger partial charge is 0.268 e. The molecule has 40 heavy (non-hydrogen) atoms. The van der Waals surface area contributed by atoms with Gasteiger partial charge < -0.3 is 0 Å². The summed E-state index contributed by atoms with van der Waals surface area (Å²) in [4.78, 5) is 23.5. The molecule has 0 saturated heterocycles. The third kappa shape index (κ3) is 8.60. The lowest BCUT2D eigenvalue weighted by Gasteiger charge is -2.08. The van der Waals surface area contributed by atoms with Gasteiger partial charge in [-0.15, -0.1) is 0 Å². The van der Waals surface area contributed by atoms with Crippen LogP contribution in [0.1, 0.15) is 20.7 Å². The second-order valence-corrected chi connectivity index (χ2v) is 12.9. The number of carbonyl (C=O) groups is 2. The summed E-state index contributed by atoms with van der Waals surface area (Å²) in [6, 6.07) is 22.6. The molecule has 0 unspecified atom stereocenters. The minimum Gasteiger partial charge on any atom is -0.268 e. The SMILES string of the molecule is O=C(NS(=O)(=O)c1ccc(Cl)cc1)c1ccc(Br)cc1F.O=C(NS(=O)(=O)c1ccc(Cl)cc1)c1ccccc1. The molecule has 2 N–H and O–H groups in total. The normalized spacial score (nSPS) is 11.1. The van der Waals surface area contributed by atoms with Crippen molar-refractivity contribution in [3.05, 3.63) is 129 Å². The fourth-order valence-corrected chi connectivity index (χ4v) is 5.49. The maximum absolute atomic E-state index is 13.6. The van der Waals surface area contributed by atoms with E-state index in [1.54, 1.807) is 22.9 Å². The number of hydrogen-bond acceptors (Lipinski definition) is 6. The van der Waals surface area contributed by atoms with E-state index in [0.717, 1.165) is 6.07 Å². The van der Waals surface area contributed by atoms with Crippen molar-refractivity contribution in [2.75, 3.05) is 0 Å². The van der Waals surface area contributed by atoms with Gasteiger partial charge in [-0.2, -0.15) is 0 Å². The lowest BCUT2D eigenvalue weighted by Crippen LogP contribution is -2.31. The molecular formula is C26H18BrCl2FN2O6S2. The molecule has 8 nitrogen and oxygen atoms in total. The van der Waals surface area contributed by atoms with Crippen LogP contribution in [-0.2, 0) is 20.0 Å². The van der Waals surface area contributed by atoms with Gasteiger partial charge in [-0.3, -0.25) is 9.59 Å². The van der Waals surface area contributed by atoms with Crippen molar-refractivity contribution >= 4 is 71.0 Å². The molecule has 0 heterocycles. The first-order chi connectivity index (χ1) is 18.8. The van der Waals surface area contributed by atoms with Gasteiger partial charge >= 0.3 is 0 Å². The van der Waals surface area contributed by atoms with E-state index in [4.69, 9.17) is 23.2 Å². The first kappa shape index (κ1) is 31.2. The maximum Gasteiger partial charge on any atom is 0.267 e. The zero-order valence-electron chi connectivity index (χ0n) is 20.0. The number of rotatable bonds is 6. The molecule has 2 amide bonds. The van der Waals surface area contributed by atoms with E-state index in [-0.39, 0.29) is 20.9 Å². The molecule has 0 saturated carbocycles. The topological polar surface area (TPSA) is 126 Å². The highest BCUT2D eigenvalue weighted by atomic mass is 79.9. The summed E-state index contributed by atoms with van der Waals surface area (Å²) in [5, 5.41) is 0.785. The van der Waals surface area contributed by atoms with E-state index in [1.165, 1.54) is 72.8 Å². The molecule has 4 aromatic rings. The first-order valence-electron chi connectivity index (χ1n) is 10.9. The van der Waals surface area contributed by atoms with Gasteiger partial charge in [0.25, 0.3) is 31.9 Å². The van der Waals surface area contributed by atoms with E-state index in [1.807, 2.05) is 4.72 Å². The molecule has 4 rings (SSSR count). The molecule has 208 valence electrons. The van der Waals surface area contributed by atoms with Crippen molar-refractivity contribution in [2.45, 2.75) is 9.79 Å². The van der Waals surface area contributed by atoms with Crippen LogP contribution in [0.5, 0.6) is 0 Å². The van der Waals surface area contributed by atoms with Gasteiger partial charge in [0.2, 0.25) is 0 Å². The molecular weight excluding hydrogens is 670 g/mol. The van der Waals surface area contributed by atoms with Crippen molar-refractivity contribution < 1.29 is 30.8 Å². The first-order valence-corrected chi connectivity index (χ1v) is 15.5. The smallest absolute Gasteiger partial charge is 0.267 e. The van der Waals surface area contributed by atoms with Gasteiger partial charge in [-0.1, -0.05) is 57.3 Å². The summed E-state index contributed by atoms with van der Waals surface area (Å²) >= 11 is 14.4. The molecule has 0 aliphatic heterocycles. The van der Waals surface area contributed by atoms with Gasteiger partial charge in [0.15, 0.2) is 0 Å². The lowest BCUT2D eigenvalue weighted by molar-refractivity contribution is 0.0970. The van der Waals surface area contributed by atoms with Crippen molar-refractivity contribution in [2.24, 2.45) is 0 Å². The van der Waals surface area contributed by atoms with Crippen LogP contribution in [-0.4, -0.2) is 28.6 Å². The van der Waals surface area contributed by atoms with Crippen LogP contribution in [0.3, 0.4) is 0 Å². The Labute approximate surface area is 248 Å². The van der Waals surface area contributed by atoms with Crippen LogP contribution >= 0.6 is 39.1 Å². The number of sulfonamides is 2. The average molecular weight is 688 g/mol. The Morgan fingerprint density at radius 1 is 0.650 bits per heavy atom. The third-order valence-corrected chi connectivity index (χ3v) is 8.60. The van der Waals surface area contributed by atoms with Crippen molar-refractivity contribution in [1.82, 2.24) is 9.44 Å². The Morgan fingerprint density at radius 2 is 1.10 bits per heavy atom. The van der Waals surface area contributed by atoms with Gasteiger partial charge in [-0.05, 0) is 78.9 Å². The minimum atomic E-state index is -4.09. The van der Waals surface area contributed by atoms with Crippen LogP contribution in [0.25, 0.3) is 0 Å². The standard InChI is InChI=1S/C13H8BrClFNO3S.C13H10ClNO3S/c14-8-1-6-11(12(16)7-8)13(18)17-21(19,20)10-4-2-9(15)3-5-10;14-11-6-8-12(9-7-11)19(17,18)15-13(16)10-4-2-1-3-5-10/h1-7H,(H,17,18);1-9H,(H,15,16). The molecule has 14 heteroatoms. The predicted molar refractivity (Wildman–Crippen MR) is 153 cm³/mol. The second-order valence-electron chi connectivity index (χ2n) is 7.77. The second kappa shape index (κ2) is 13.4. The van der Waals surface area contributed by atoms with E-state index in [0.29, 0.717) is 14.5 Å². The number of hydrogen-bond donors (Lipinski definition) is 2. The van der Waals surface area contributed by atoms with Crippen molar-refractivity contribution in [1.29, 1.82) is 0 Å². The fraction of sp³-hybridized carbons (Fsp3) is 0. The summed E-state index contributed by atoms with van der Waals surface area (Å²) in [6.07, 6.45) is 0. The molecule has 0 aliphatic carbocycles. The Morgan fingerprint density at radius 3 is 1.55 bits per heavy atom. The summed E-state index contributed by atoms with van der Waals surface area (Å²) in [6.45, 7) is 0. The zero-order chi connectivity index (χ0) is 29.5. The molecule has 4 aromatic carbocycles. The number of nitrogens with one attached hydrogen (secondary N) is 2. The number of amides is 2. The molecule has 0 atom stereocenters. The molecule has 0 aliphatic rings. The molecule has 0 spiro atoms. The quantitative estimate of drug-likeness (QED) is 0.263. The minimum absolute atomic E-state index is 0.0128. The maximum atomic E-state index is 13.6. The molecule has 0 fully saturated rings. The fourth-order valence-electron chi connectivity index (χ4n) is 2.97. The summed E-state index contributed by atoms with van der Waals surface area (Å²) in [5.74, 6) is -2.54. The van der Waals surface area contributed by atoms with Crippen molar-refractivity contribution in [3.63, 3.8) is 0 Å². The summed E-state index contributed by atoms with van der Waals surface area (Å²) < 4.78 is 65.8. The van der Waals surface area contributed by atoms with E-state index in [9.17, 15) is 30.8 Å². The van der Waals surface area contributed by atoms with Crippen LogP contribution in [0.2, 0.25) is 10.0 Å². The molecule has 0 aromatic heterocycles. The monoisotopic (exact) mass is 686 g/mol. The predicted octanol–water partition coefficient (Wildman–Crippen LogP) is 5.82. The molecule has 0 radical (unpaired) electrons. The highest BCUT2D eigenvalue weighted by molar-refractivity contribution is 9.10. The highest BCUT2D eigenvalue weighted by Crippen LogP contribution is 2.18. The number of halogens is 4. The third-order valence-electron chi connectivity index (χ3n) is 4.91. The van der Waals surface area contributed by atoms with Crippen molar-refractivity contribution in [3.8, 4) is 0 Å². The average Bonchev–Trinajstić information content (AvgIpc) is 2.89. The van der Waals surface area contributed by atoms with E-state index in [2.05, 4.69) is 15.9 Å². The Kier molecular flexibility index (Phi) is 10.4. The van der Waals surface area contributed by atoms with Gasteiger partial charge in [0.05, 0.1) is 15.4 Å². The summed E-state index contributed by atoms with van der Waals surface area (Å²) in [7, 11) is -7.97. The summed E-state index contributed by atoms with van der Waals surface area (Å²) in [5.41, 5.74) is -0.0872. The van der Waals surface area contributed by atoms with Gasteiger partial charge in [-0.25, -0.2) is 30.7 Å². The zero-order valence-corrected chi connectivity index (χ0v) is 24.7. The number of carbonyl (C=O) groups excluding carboxylic acids is 2. The van der Waals surface area contributed by atoms with Crippen LogP contribution in [0.4, 0.5) is 4.39 Å². The Hall–Kier alpha value is -3.29. The van der Waals surface area contributed by atoms with Crippen LogP contribution in [0.15, 0.2) is 111 Å². The van der Waals surface area contributed by atoms with Gasteiger partial charge in [0, 0.05) is 20.1 Å². The van der Waals surface area contributed by atoms with E-state index < -0.39 is 37.7 Å². The number of benzene rings is 4. The Bertz CT molecular complexity index is 1740. The lowest BCUT2D eigenvalue weighted by atomic mass is 10.2. The van der Waals surface area contributed by atoms with Crippen LogP contribution in [0, 0.1) is 5.82 Å².